The number of hydrogen-bond donors (Lipinski definition) is 2. The predicted molar refractivity (Wildman–Crippen MR) is 129 cm³/mol. The fourth-order valence-corrected chi connectivity index (χ4v) is 3.91. The summed E-state index contributed by atoms with van der Waals surface area (Å²) in [6, 6.07) is -1.05. The van der Waals surface area contributed by atoms with Crippen LogP contribution in [-0.4, -0.2) is 29.7 Å². The number of carbonyl (C=O) groups is 2. The molecule has 0 aliphatic rings. The third-order valence-corrected chi connectivity index (χ3v) is 5.94. The number of nitrogens with two attached hydrogens (primary N) is 1. The van der Waals surface area contributed by atoms with Crippen LogP contribution in [0.1, 0.15) is 142 Å². The molecule has 0 aromatic rings. The molecule has 0 radical (unpaired) electrons. The lowest BCUT2D eigenvalue weighted by atomic mass is 10.0. The summed E-state index contributed by atoms with van der Waals surface area (Å²) in [5.41, 5.74) is 5.45. The van der Waals surface area contributed by atoms with Crippen molar-refractivity contribution in [3.8, 4) is 0 Å². The largest absolute Gasteiger partial charge is 0.481 e. The molecule has 0 aromatic heterocycles. The van der Waals surface area contributed by atoms with Crippen molar-refractivity contribution in [2.75, 3.05) is 6.61 Å². The number of ether oxygens (including phenoxy) is 1. The van der Waals surface area contributed by atoms with Gasteiger partial charge in [0, 0.05) is 0 Å². The van der Waals surface area contributed by atoms with E-state index in [0.717, 1.165) is 19.3 Å². The molecule has 3 N–H and O–H groups in total. The van der Waals surface area contributed by atoms with Crippen LogP contribution in [0.3, 0.4) is 0 Å². The quantitative estimate of drug-likeness (QED) is 0.123. The average Bonchev–Trinajstić information content (AvgIpc) is 2.74. The topological polar surface area (TPSA) is 89.6 Å². The van der Waals surface area contributed by atoms with Gasteiger partial charge in [0.15, 0.2) is 0 Å². The molecule has 0 aliphatic carbocycles. The van der Waals surface area contributed by atoms with Crippen LogP contribution in [-0.2, 0) is 14.3 Å². The standard InChI is InChI=1S/C26H51NO4/c1-2-3-4-5-6-7-8-9-10-11-12-13-14-15-16-17-18-19-20-21-22-31-26(30)24(27)23-25(28)29/h24H,2-23,27H2,1H3,(H,28,29)/t24-/m0/s1. The molecule has 0 aromatic carbocycles. The number of carboxylic acid groups (broad SMARTS) is 1. The van der Waals surface area contributed by atoms with Crippen LogP contribution >= 0.6 is 0 Å². The maximum Gasteiger partial charge on any atom is 0.323 e. The smallest absolute Gasteiger partial charge is 0.323 e. The molecular formula is C26H51NO4. The molecule has 0 heterocycles. The van der Waals surface area contributed by atoms with Crippen molar-refractivity contribution in [1.29, 1.82) is 0 Å². The molecule has 5 nitrogen and oxygen atoms in total. The molecule has 0 saturated carbocycles. The molecule has 0 aliphatic heterocycles. The van der Waals surface area contributed by atoms with Crippen molar-refractivity contribution in [1.82, 2.24) is 0 Å². The van der Waals surface area contributed by atoms with Crippen LogP contribution in [0.15, 0.2) is 0 Å². The first-order valence-electron chi connectivity index (χ1n) is 13.2. The molecule has 0 amide bonds. The number of aliphatic carboxylic acids is 1. The van der Waals surface area contributed by atoms with Crippen LogP contribution in [0.5, 0.6) is 0 Å². The molecule has 31 heavy (non-hydrogen) atoms. The molecule has 0 rings (SSSR count). The van der Waals surface area contributed by atoms with Gasteiger partial charge in [0.05, 0.1) is 13.0 Å². The van der Waals surface area contributed by atoms with Gasteiger partial charge in [-0.05, 0) is 6.42 Å². The third-order valence-electron chi connectivity index (χ3n) is 5.94. The van der Waals surface area contributed by atoms with Gasteiger partial charge in [0.2, 0.25) is 0 Å². The van der Waals surface area contributed by atoms with Crippen LogP contribution in [0.25, 0.3) is 0 Å². The van der Waals surface area contributed by atoms with Crippen LogP contribution in [0.2, 0.25) is 0 Å². The van der Waals surface area contributed by atoms with E-state index in [9.17, 15) is 9.59 Å². The van der Waals surface area contributed by atoms with Gasteiger partial charge < -0.3 is 15.6 Å². The lowest BCUT2D eigenvalue weighted by Crippen LogP contribution is -2.34. The summed E-state index contributed by atoms with van der Waals surface area (Å²) in [4.78, 5) is 22.0. The van der Waals surface area contributed by atoms with E-state index in [4.69, 9.17) is 15.6 Å². The SMILES string of the molecule is CCCCCCCCCCCCCCCCCCCCCCOC(=O)[C@@H](N)CC(=O)O. The average molecular weight is 442 g/mol. The second-order valence-corrected chi connectivity index (χ2v) is 9.09. The highest BCUT2D eigenvalue weighted by atomic mass is 16.5. The fourth-order valence-electron chi connectivity index (χ4n) is 3.91. The summed E-state index contributed by atoms with van der Waals surface area (Å²) in [6.45, 7) is 2.62. The van der Waals surface area contributed by atoms with E-state index in [1.54, 1.807) is 0 Å². The minimum atomic E-state index is -1.08. The summed E-state index contributed by atoms with van der Waals surface area (Å²) >= 11 is 0. The van der Waals surface area contributed by atoms with E-state index in [1.807, 2.05) is 0 Å². The highest BCUT2D eigenvalue weighted by Gasteiger charge is 2.18. The summed E-state index contributed by atoms with van der Waals surface area (Å²) in [7, 11) is 0. The monoisotopic (exact) mass is 441 g/mol. The first-order chi connectivity index (χ1) is 15.1. The zero-order valence-corrected chi connectivity index (χ0v) is 20.4. The maximum absolute atomic E-state index is 11.5. The Morgan fingerprint density at radius 1 is 0.645 bits per heavy atom. The zero-order chi connectivity index (χ0) is 23.0. The Labute approximate surface area is 191 Å². The Morgan fingerprint density at radius 2 is 0.968 bits per heavy atom. The van der Waals surface area contributed by atoms with Crippen LogP contribution < -0.4 is 5.73 Å². The van der Waals surface area contributed by atoms with Gasteiger partial charge in [-0.25, -0.2) is 0 Å². The van der Waals surface area contributed by atoms with E-state index in [0.29, 0.717) is 6.61 Å². The molecule has 0 bridgehead atoms. The summed E-state index contributed by atoms with van der Waals surface area (Å²) in [5.74, 6) is -1.69. The number of carboxylic acids is 1. The van der Waals surface area contributed by atoms with Crippen molar-refractivity contribution in [2.45, 2.75) is 148 Å². The zero-order valence-electron chi connectivity index (χ0n) is 20.4. The molecule has 1 atom stereocenters. The van der Waals surface area contributed by atoms with Gasteiger partial charge in [0.25, 0.3) is 0 Å². The first kappa shape index (κ1) is 29.9. The van der Waals surface area contributed by atoms with Gasteiger partial charge in [-0.2, -0.15) is 0 Å². The van der Waals surface area contributed by atoms with Gasteiger partial charge >= 0.3 is 11.9 Å². The number of unbranched alkanes of at least 4 members (excludes halogenated alkanes) is 19. The number of hydrogen-bond acceptors (Lipinski definition) is 4. The molecule has 0 saturated heterocycles. The number of rotatable bonds is 24. The highest BCUT2D eigenvalue weighted by Crippen LogP contribution is 2.14. The van der Waals surface area contributed by atoms with Gasteiger partial charge in [-0.15, -0.1) is 0 Å². The second kappa shape index (κ2) is 23.6. The van der Waals surface area contributed by atoms with Crippen molar-refractivity contribution in [2.24, 2.45) is 5.73 Å². The fraction of sp³-hybridized carbons (Fsp3) is 0.923. The van der Waals surface area contributed by atoms with Crippen LogP contribution in [0.4, 0.5) is 0 Å². The van der Waals surface area contributed by atoms with Crippen molar-refractivity contribution in [3.05, 3.63) is 0 Å². The maximum atomic E-state index is 11.5. The summed E-state index contributed by atoms with van der Waals surface area (Å²) in [5, 5.41) is 8.59. The molecular weight excluding hydrogens is 390 g/mol. The van der Waals surface area contributed by atoms with E-state index < -0.39 is 18.0 Å². The third kappa shape index (κ3) is 23.4. The van der Waals surface area contributed by atoms with Crippen LogP contribution in [0, 0.1) is 0 Å². The number of carbonyl (C=O) groups excluding carboxylic acids is 1. The summed E-state index contributed by atoms with van der Waals surface area (Å²) < 4.78 is 5.01. The van der Waals surface area contributed by atoms with Gasteiger partial charge in [0.1, 0.15) is 6.04 Å². The Hall–Kier alpha value is -1.10. The minimum Gasteiger partial charge on any atom is -0.481 e. The molecule has 0 fully saturated rings. The lowest BCUT2D eigenvalue weighted by molar-refractivity contribution is -0.149. The van der Waals surface area contributed by atoms with E-state index in [-0.39, 0.29) is 6.42 Å². The van der Waals surface area contributed by atoms with Gasteiger partial charge in [-0.1, -0.05) is 129 Å². The normalized spacial score (nSPS) is 12.1. The highest BCUT2D eigenvalue weighted by molar-refractivity contribution is 5.81. The van der Waals surface area contributed by atoms with Crippen molar-refractivity contribution in [3.63, 3.8) is 0 Å². The minimum absolute atomic E-state index is 0.338. The Morgan fingerprint density at radius 3 is 1.29 bits per heavy atom. The molecule has 0 spiro atoms. The van der Waals surface area contributed by atoms with Gasteiger partial charge in [-0.3, -0.25) is 9.59 Å². The van der Waals surface area contributed by atoms with E-state index in [2.05, 4.69) is 6.92 Å². The summed E-state index contributed by atoms with van der Waals surface area (Å²) in [6.07, 6.45) is 26.3. The van der Waals surface area contributed by atoms with E-state index >= 15 is 0 Å². The second-order valence-electron chi connectivity index (χ2n) is 9.09. The molecule has 5 heteroatoms. The van der Waals surface area contributed by atoms with Crippen molar-refractivity contribution >= 4 is 11.9 Å². The van der Waals surface area contributed by atoms with Crippen molar-refractivity contribution < 1.29 is 19.4 Å². The predicted octanol–water partition coefficient (Wildman–Crippen LogP) is 7.15. The first-order valence-corrected chi connectivity index (χ1v) is 13.2. The Balaban J connectivity index is 3.15. The molecule has 0 unspecified atom stereocenters. The lowest BCUT2D eigenvalue weighted by Gasteiger charge is -2.09. The number of esters is 1. The Bertz CT molecular complexity index is 414. The Kier molecular flexibility index (Phi) is 22.7. The van der Waals surface area contributed by atoms with E-state index in [1.165, 1.54) is 109 Å². The molecule has 184 valence electrons.